The molecule has 6 unspecified atom stereocenters. The highest BCUT2D eigenvalue weighted by Gasteiger charge is 2.52. The molecule has 0 amide bonds. The first-order valence-electron chi connectivity index (χ1n) is 7.17. The van der Waals surface area contributed by atoms with Crippen LogP contribution < -0.4 is 5.32 Å². The summed E-state index contributed by atoms with van der Waals surface area (Å²) in [6, 6.07) is -0.597. The largest absolute Gasteiger partial charge is 0.390 e. The van der Waals surface area contributed by atoms with Gasteiger partial charge in [-0.3, -0.25) is 4.99 Å². The third-order valence-electron chi connectivity index (χ3n) is 4.53. The van der Waals surface area contributed by atoms with Gasteiger partial charge in [0.15, 0.2) is 11.3 Å². The molecule has 1 aliphatic carbocycles. The zero-order valence-corrected chi connectivity index (χ0v) is 12.2. The standard InChI is InChI=1S/C13H21FN2O3S/c1-15-13-16-8-7(14)10(18)11(19-12(8)20-13)9(17)6-4-2-3-5-6/h6-12,17-18H,2-5H2,1H3,(H,15,16). The second-order valence-corrected chi connectivity index (χ2v) is 6.84. The molecule has 0 spiro atoms. The summed E-state index contributed by atoms with van der Waals surface area (Å²) in [5, 5.41) is 24.1. The molecule has 0 aromatic rings. The van der Waals surface area contributed by atoms with E-state index in [1.54, 1.807) is 7.05 Å². The summed E-state index contributed by atoms with van der Waals surface area (Å²) in [6.45, 7) is 0. The predicted molar refractivity (Wildman–Crippen MR) is 75.4 cm³/mol. The average Bonchev–Trinajstić information content (AvgIpc) is 3.10. The molecule has 20 heavy (non-hydrogen) atoms. The van der Waals surface area contributed by atoms with Crippen molar-refractivity contribution in [1.29, 1.82) is 0 Å². The second kappa shape index (κ2) is 5.79. The van der Waals surface area contributed by atoms with Crippen LogP contribution in [-0.2, 0) is 4.74 Å². The summed E-state index contributed by atoms with van der Waals surface area (Å²) < 4.78 is 20.1. The molecule has 3 rings (SSSR count). The minimum absolute atomic E-state index is 0.108. The quantitative estimate of drug-likeness (QED) is 0.698. The van der Waals surface area contributed by atoms with Crippen molar-refractivity contribution in [3.8, 4) is 0 Å². The topological polar surface area (TPSA) is 74.1 Å². The lowest BCUT2D eigenvalue weighted by Crippen LogP contribution is -2.60. The van der Waals surface area contributed by atoms with Crippen molar-refractivity contribution in [1.82, 2.24) is 5.32 Å². The van der Waals surface area contributed by atoms with Crippen LogP contribution in [0.25, 0.3) is 0 Å². The van der Waals surface area contributed by atoms with Gasteiger partial charge in [-0.1, -0.05) is 24.6 Å². The Kier molecular flexibility index (Phi) is 4.21. The number of aliphatic imine (C=N–C) groups is 1. The molecule has 3 fully saturated rings. The van der Waals surface area contributed by atoms with Gasteiger partial charge in [-0.2, -0.15) is 0 Å². The van der Waals surface area contributed by atoms with Crippen molar-refractivity contribution in [2.24, 2.45) is 10.9 Å². The third kappa shape index (κ3) is 2.45. The number of aliphatic hydroxyl groups is 2. The fourth-order valence-electron chi connectivity index (χ4n) is 3.37. The molecule has 0 aromatic heterocycles. The Labute approximate surface area is 122 Å². The van der Waals surface area contributed by atoms with Crippen LogP contribution in [0.3, 0.4) is 0 Å². The Morgan fingerprint density at radius 3 is 2.80 bits per heavy atom. The van der Waals surface area contributed by atoms with Gasteiger partial charge in [0.25, 0.3) is 0 Å². The molecular weight excluding hydrogens is 283 g/mol. The maximum absolute atomic E-state index is 14.4. The zero-order chi connectivity index (χ0) is 14.3. The molecule has 3 aliphatic rings. The molecule has 7 heteroatoms. The number of aliphatic hydroxyl groups excluding tert-OH is 2. The fourth-order valence-corrected chi connectivity index (χ4v) is 4.44. The first-order chi connectivity index (χ1) is 9.61. The third-order valence-corrected chi connectivity index (χ3v) is 5.69. The Balaban J connectivity index is 1.73. The zero-order valence-electron chi connectivity index (χ0n) is 11.4. The summed E-state index contributed by atoms with van der Waals surface area (Å²) in [5.74, 6) is 0.108. The van der Waals surface area contributed by atoms with Gasteiger partial charge in [0, 0.05) is 7.05 Å². The molecule has 3 N–H and O–H groups in total. The number of alkyl halides is 1. The molecule has 2 aliphatic heterocycles. The van der Waals surface area contributed by atoms with E-state index in [0.717, 1.165) is 25.7 Å². The molecule has 2 heterocycles. The van der Waals surface area contributed by atoms with Gasteiger partial charge in [0.05, 0.1) is 12.1 Å². The van der Waals surface area contributed by atoms with Gasteiger partial charge in [0.2, 0.25) is 0 Å². The summed E-state index contributed by atoms with van der Waals surface area (Å²) in [6.07, 6.45) is -0.387. The minimum Gasteiger partial charge on any atom is -0.390 e. The Hall–Kier alpha value is -0.370. The monoisotopic (exact) mass is 304 g/mol. The maximum atomic E-state index is 14.4. The maximum Gasteiger partial charge on any atom is 0.159 e. The van der Waals surface area contributed by atoms with Crippen molar-refractivity contribution in [2.75, 3.05) is 7.05 Å². The van der Waals surface area contributed by atoms with Gasteiger partial charge >= 0.3 is 0 Å². The molecule has 0 radical (unpaired) electrons. The second-order valence-electron chi connectivity index (χ2n) is 5.76. The van der Waals surface area contributed by atoms with Crippen LogP contribution in [0.15, 0.2) is 4.99 Å². The number of hydrogen-bond acceptors (Lipinski definition) is 5. The van der Waals surface area contributed by atoms with Gasteiger partial charge in [-0.25, -0.2) is 4.39 Å². The van der Waals surface area contributed by atoms with E-state index in [0.29, 0.717) is 5.17 Å². The molecule has 5 nitrogen and oxygen atoms in total. The van der Waals surface area contributed by atoms with E-state index in [9.17, 15) is 14.6 Å². The molecule has 2 saturated heterocycles. The number of halogens is 1. The molecule has 114 valence electrons. The lowest BCUT2D eigenvalue weighted by molar-refractivity contribution is -0.180. The van der Waals surface area contributed by atoms with Crippen LogP contribution in [0.1, 0.15) is 25.7 Å². The number of ether oxygens (including phenoxy) is 1. The first-order valence-corrected chi connectivity index (χ1v) is 8.05. The van der Waals surface area contributed by atoms with Crippen LogP contribution in [0.4, 0.5) is 4.39 Å². The van der Waals surface area contributed by atoms with Crippen molar-refractivity contribution < 1.29 is 19.3 Å². The van der Waals surface area contributed by atoms with E-state index in [-0.39, 0.29) is 5.92 Å². The number of nitrogens with one attached hydrogen (secondary N) is 1. The Bertz CT molecular complexity index is 392. The van der Waals surface area contributed by atoms with Crippen LogP contribution in [0.2, 0.25) is 0 Å². The lowest BCUT2D eigenvalue weighted by atomic mass is 9.88. The normalized spacial score (nSPS) is 45.4. The Morgan fingerprint density at radius 1 is 1.45 bits per heavy atom. The summed E-state index contributed by atoms with van der Waals surface area (Å²) >= 11 is 1.32. The Morgan fingerprint density at radius 2 is 2.15 bits per heavy atom. The number of nitrogens with zero attached hydrogens (tertiary/aromatic N) is 1. The summed E-state index contributed by atoms with van der Waals surface area (Å²) in [4.78, 5) is 4.00. The van der Waals surface area contributed by atoms with Crippen LogP contribution in [-0.4, -0.2) is 58.4 Å². The summed E-state index contributed by atoms with van der Waals surface area (Å²) in [5.41, 5.74) is -0.437. The molecular formula is C13H21FN2O3S. The van der Waals surface area contributed by atoms with Gasteiger partial charge < -0.3 is 20.3 Å². The number of rotatable bonds is 2. The highest BCUT2D eigenvalue weighted by Crippen LogP contribution is 2.39. The van der Waals surface area contributed by atoms with Crippen molar-refractivity contribution in [2.45, 2.75) is 61.6 Å². The molecule has 0 bridgehead atoms. The fraction of sp³-hybridized carbons (Fsp3) is 0.923. The number of amidine groups is 1. The van der Waals surface area contributed by atoms with E-state index in [4.69, 9.17) is 4.74 Å². The van der Waals surface area contributed by atoms with E-state index in [1.807, 2.05) is 0 Å². The van der Waals surface area contributed by atoms with Gasteiger partial charge in [-0.05, 0) is 18.8 Å². The van der Waals surface area contributed by atoms with Crippen LogP contribution >= 0.6 is 11.8 Å². The number of fused-ring (bicyclic) bond motifs is 1. The molecule has 1 saturated carbocycles. The molecule has 6 atom stereocenters. The highest BCUT2D eigenvalue weighted by molar-refractivity contribution is 8.14. The van der Waals surface area contributed by atoms with Crippen LogP contribution in [0, 0.1) is 5.92 Å². The first kappa shape index (κ1) is 14.6. The minimum atomic E-state index is -1.46. The van der Waals surface area contributed by atoms with Crippen molar-refractivity contribution in [3.05, 3.63) is 0 Å². The van der Waals surface area contributed by atoms with Crippen molar-refractivity contribution in [3.63, 3.8) is 0 Å². The van der Waals surface area contributed by atoms with E-state index < -0.39 is 36.0 Å². The molecule has 0 aromatic carbocycles. The smallest absolute Gasteiger partial charge is 0.159 e. The van der Waals surface area contributed by atoms with Gasteiger partial charge in [-0.15, -0.1) is 0 Å². The van der Waals surface area contributed by atoms with E-state index in [2.05, 4.69) is 10.3 Å². The lowest BCUT2D eigenvalue weighted by Gasteiger charge is -2.41. The van der Waals surface area contributed by atoms with Crippen LogP contribution in [0.5, 0.6) is 0 Å². The number of thioether (sulfide) groups is 1. The van der Waals surface area contributed by atoms with E-state index >= 15 is 0 Å². The predicted octanol–water partition coefficient (Wildman–Crippen LogP) is 0.652. The van der Waals surface area contributed by atoms with Gasteiger partial charge in [0.1, 0.15) is 17.6 Å². The summed E-state index contributed by atoms with van der Waals surface area (Å²) in [7, 11) is 1.63. The van der Waals surface area contributed by atoms with E-state index in [1.165, 1.54) is 11.8 Å². The van der Waals surface area contributed by atoms with Crippen molar-refractivity contribution >= 4 is 16.9 Å². The number of hydrogen-bond donors (Lipinski definition) is 3. The SMILES string of the molecule is CN=C1NC2C(OC(C(O)C3CCCC3)C(O)C2F)S1. The average molecular weight is 304 g/mol. The highest BCUT2D eigenvalue weighted by atomic mass is 32.2.